The van der Waals surface area contributed by atoms with Crippen LogP contribution in [0.15, 0.2) is 4.52 Å². The lowest BCUT2D eigenvalue weighted by Crippen LogP contribution is -2.39. The normalized spacial score (nSPS) is 14.1. The first-order valence-corrected chi connectivity index (χ1v) is 5.96. The van der Waals surface area contributed by atoms with Gasteiger partial charge in [-0.1, -0.05) is 32.9 Å². The van der Waals surface area contributed by atoms with Crippen LogP contribution in [0.4, 0.5) is 0 Å². The molecule has 92 valence electrons. The number of rotatable bonds is 5. The lowest BCUT2D eigenvalue weighted by Gasteiger charge is -2.29. The van der Waals surface area contributed by atoms with Crippen LogP contribution >= 0.6 is 0 Å². The molecule has 0 radical (unpaired) electrons. The summed E-state index contributed by atoms with van der Waals surface area (Å²) < 4.78 is 5.24. The van der Waals surface area contributed by atoms with E-state index in [1.165, 1.54) is 0 Å². The minimum absolute atomic E-state index is 0.189. The van der Waals surface area contributed by atoms with Crippen molar-refractivity contribution in [3.8, 4) is 0 Å². The number of nitrogens with zero attached hydrogens (tertiary/aromatic N) is 2. The van der Waals surface area contributed by atoms with E-state index in [4.69, 9.17) is 4.52 Å². The number of likely N-dealkylation sites (N-methyl/N-ethyl adjacent to an activating group) is 1. The third-order valence-corrected chi connectivity index (χ3v) is 2.76. The minimum Gasteiger partial charge on any atom is -0.339 e. The first-order valence-electron chi connectivity index (χ1n) is 5.96. The van der Waals surface area contributed by atoms with Gasteiger partial charge in [-0.05, 0) is 18.9 Å². The highest BCUT2D eigenvalue weighted by Gasteiger charge is 2.25. The fraction of sp³-hybridized carbons (Fsp3) is 0.833. The maximum Gasteiger partial charge on any atom is 0.228 e. The zero-order valence-electron chi connectivity index (χ0n) is 11.0. The molecule has 0 amide bonds. The van der Waals surface area contributed by atoms with Crippen LogP contribution < -0.4 is 5.32 Å². The van der Waals surface area contributed by atoms with Gasteiger partial charge in [-0.15, -0.1) is 0 Å². The first-order chi connectivity index (χ1) is 7.47. The van der Waals surface area contributed by atoms with Gasteiger partial charge in [0.1, 0.15) is 0 Å². The van der Waals surface area contributed by atoms with Crippen LogP contribution in [-0.4, -0.2) is 23.2 Å². The van der Waals surface area contributed by atoms with E-state index in [1.54, 1.807) is 0 Å². The molecule has 0 fully saturated rings. The van der Waals surface area contributed by atoms with Crippen LogP contribution in [0.3, 0.4) is 0 Å². The van der Waals surface area contributed by atoms with Gasteiger partial charge in [-0.2, -0.15) is 4.98 Å². The molecule has 0 aliphatic heterocycles. The lowest BCUT2D eigenvalue weighted by molar-refractivity contribution is 0.255. The Bertz CT molecular complexity index is 314. The summed E-state index contributed by atoms with van der Waals surface area (Å²) >= 11 is 0. The molecule has 0 spiro atoms. The molecule has 0 saturated carbocycles. The summed E-state index contributed by atoms with van der Waals surface area (Å²) in [7, 11) is 1.97. The van der Waals surface area contributed by atoms with Crippen molar-refractivity contribution in [2.24, 2.45) is 5.41 Å². The highest BCUT2D eigenvalue weighted by Crippen LogP contribution is 2.21. The number of aromatic nitrogens is 2. The van der Waals surface area contributed by atoms with Crippen molar-refractivity contribution in [1.82, 2.24) is 15.5 Å². The van der Waals surface area contributed by atoms with Crippen LogP contribution in [-0.2, 0) is 12.8 Å². The highest BCUT2D eigenvalue weighted by molar-refractivity contribution is 4.92. The molecule has 1 aromatic heterocycles. The van der Waals surface area contributed by atoms with Crippen molar-refractivity contribution in [3.63, 3.8) is 0 Å². The van der Waals surface area contributed by atoms with E-state index in [2.05, 4.69) is 43.2 Å². The lowest BCUT2D eigenvalue weighted by atomic mass is 9.85. The maximum absolute atomic E-state index is 5.24. The van der Waals surface area contributed by atoms with E-state index in [-0.39, 0.29) is 5.41 Å². The minimum atomic E-state index is 0.189. The third-order valence-electron chi connectivity index (χ3n) is 2.76. The molecule has 1 heterocycles. The Morgan fingerprint density at radius 3 is 2.56 bits per heavy atom. The van der Waals surface area contributed by atoms with Gasteiger partial charge in [0.25, 0.3) is 0 Å². The standard InChI is InChI=1S/C12H23N3O/c1-6-7-10-14-11(16-15-10)8-9(13-5)12(2,3)4/h9,13H,6-8H2,1-5H3. The molecule has 4 heteroatoms. The molecule has 1 aromatic rings. The first kappa shape index (κ1) is 13.2. The van der Waals surface area contributed by atoms with Crippen LogP contribution in [0, 0.1) is 5.41 Å². The maximum atomic E-state index is 5.24. The van der Waals surface area contributed by atoms with Crippen molar-refractivity contribution in [3.05, 3.63) is 11.7 Å². The fourth-order valence-electron chi connectivity index (χ4n) is 1.71. The summed E-state index contributed by atoms with van der Waals surface area (Å²) in [5.41, 5.74) is 0.189. The smallest absolute Gasteiger partial charge is 0.228 e. The van der Waals surface area contributed by atoms with Gasteiger partial charge in [-0.3, -0.25) is 0 Å². The molecular formula is C12H23N3O. The SMILES string of the molecule is CCCc1noc(CC(NC)C(C)(C)C)n1. The monoisotopic (exact) mass is 225 g/mol. The van der Waals surface area contributed by atoms with E-state index in [9.17, 15) is 0 Å². The van der Waals surface area contributed by atoms with Gasteiger partial charge in [0.05, 0.1) is 0 Å². The van der Waals surface area contributed by atoms with Crippen LogP contribution in [0.5, 0.6) is 0 Å². The molecule has 1 rings (SSSR count). The number of hydrogen-bond acceptors (Lipinski definition) is 4. The second-order valence-electron chi connectivity index (χ2n) is 5.27. The van der Waals surface area contributed by atoms with Crippen molar-refractivity contribution < 1.29 is 4.52 Å². The average Bonchev–Trinajstić information content (AvgIpc) is 2.61. The zero-order valence-corrected chi connectivity index (χ0v) is 11.0. The topological polar surface area (TPSA) is 51.0 Å². The Morgan fingerprint density at radius 1 is 1.38 bits per heavy atom. The predicted molar refractivity (Wildman–Crippen MR) is 64.3 cm³/mol. The second-order valence-corrected chi connectivity index (χ2v) is 5.27. The summed E-state index contributed by atoms with van der Waals surface area (Å²) in [6, 6.07) is 0.349. The van der Waals surface area contributed by atoms with Crippen molar-refractivity contribution in [1.29, 1.82) is 0 Å². The predicted octanol–water partition coefficient (Wildman–Crippen LogP) is 2.20. The van der Waals surface area contributed by atoms with Crippen molar-refractivity contribution in [2.75, 3.05) is 7.05 Å². The van der Waals surface area contributed by atoms with Crippen LogP contribution in [0.2, 0.25) is 0 Å². The Labute approximate surface area is 97.8 Å². The summed E-state index contributed by atoms with van der Waals surface area (Å²) in [4.78, 5) is 4.38. The molecule has 0 aliphatic carbocycles. The quantitative estimate of drug-likeness (QED) is 0.834. The Morgan fingerprint density at radius 2 is 2.06 bits per heavy atom. The Kier molecular flexibility index (Phi) is 4.47. The summed E-state index contributed by atoms with van der Waals surface area (Å²) in [6.45, 7) is 8.73. The molecule has 0 bridgehead atoms. The fourth-order valence-corrected chi connectivity index (χ4v) is 1.71. The van der Waals surface area contributed by atoms with Crippen molar-refractivity contribution in [2.45, 2.75) is 53.0 Å². The molecule has 1 N–H and O–H groups in total. The zero-order chi connectivity index (χ0) is 12.2. The summed E-state index contributed by atoms with van der Waals surface area (Å²) in [6.07, 6.45) is 2.73. The highest BCUT2D eigenvalue weighted by atomic mass is 16.5. The van der Waals surface area contributed by atoms with Crippen LogP contribution in [0.25, 0.3) is 0 Å². The molecule has 1 unspecified atom stereocenters. The molecule has 0 aliphatic rings. The third kappa shape index (κ3) is 3.59. The van der Waals surface area contributed by atoms with E-state index in [0.717, 1.165) is 31.0 Å². The summed E-state index contributed by atoms with van der Waals surface area (Å²) in [5, 5.41) is 7.27. The van der Waals surface area contributed by atoms with E-state index < -0.39 is 0 Å². The number of nitrogens with one attached hydrogen (secondary N) is 1. The van der Waals surface area contributed by atoms with E-state index in [0.29, 0.717) is 6.04 Å². The van der Waals surface area contributed by atoms with E-state index in [1.807, 2.05) is 7.05 Å². The second kappa shape index (κ2) is 5.43. The number of aryl methyl sites for hydroxylation is 1. The molecule has 1 atom stereocenters. The average molecular weight is 225 g/mol. The molecule has 16 heavy (non-hydrogen) atoms. The number of hydrogen-bond donors (Lipinski definition) is 1. The molecule has 0 saturated heterocycles. The Balaban J connectivity index is 2.63. The molecule has 4 nitrogen and oxygen atoms in total. The Hall–Kier alpha value is -0.900. The van der Waals surface area contributed by atoms with Crippen LogP contribution in [0.1, 0.15) is 45.8 Å². The molecular weight excluding hydrogens is 202 g/mol. The van der Waals surface area contributed by atoms with Gasteiger partial charge in [0.15, 0.2) is 5.82 Å². The summed E-state index contributed by atoms with van der Waals surface area (Å²) in [5.74, 6) is 1.55. The van der Waals surface area contributed by atoms with Gasteiger partial charge in [0, 0.05) is 18.9 Å². The molecule has 0 aromatic carbocycles. The van der Waals surface area contributed by atoms with E-state index >= 15 is 0 Å². The van der Waals surface area contributed by atoms with Gasteiger partial charge >= 0.3 is 0 Å². The largest absolute Gasteiger partial charge is 0.339 e. The van der Waals surface area contributed by atoms with Gasteiger partial charge < -0.3 is 9.84 Å². The van der Waals surface area contributed by atoms with Gasteiger partial charge in [-0.25, -0.2) is 0 Å². The van der Waals surface area contributed by atoms with Gasteiger partial charge in [0.2, 0.25) is 5.89 Å². The van der Waals surface area contributed by atoms with Crippen molar-refractivity contribution >= 4 is 0 Å².